The van der Waals surface area contributed by atoms with Gasteiger partial charge >= 0.3 is 5.97 Å². The van der Waals surface area contributed by atoms with Crippen molar-refractivity contribution in [1.29, 1.82) is 0 Å². The molecule has 6 nitrogen and oxygen atoms in total. The zero-order valence-corrected chi connectivity index (χ0v) is 16.7. The monoisotopic (exact) mass is 394 g/mol. The number of hydrogen-bond donors (Lipinski definition) is 1. The maximum Gasteiger partial charge on any atom is 0.311 e. The summed E-state index contributed by atoms with van der Waals surface area (Å²) >= 11 is 6.26. The number of carbonyl (C=O) groups excluding carboxylic acids is 1. The van der Waals surface area contributed by atoms with E-state index in [-0.39, 0.29) is 11.9 Å². The average molecular weight is 395 g/mol. The molecule has 0 spiro atoms. The van der Waals surface area contributed by atoms with Crippen LogP contribution in [0, 0.1) is 5.41 Å². The molecule has 1 aromatic carbocycles. The highest BCUT2D eigenvalue weighted by atomic mass is 35.5. The summed E-state index contributed by atoms with van der Waals surface area (Å²) in [5.74, 6) is -0.283. The minimum atomic E-state index is -0.751. The molecule has 0 radical (unpaired) electrons. The number of aliphatic carboxylic acids is 1. The number of piperidine rings is 2. The molecule has 0 aromatic heterocycles. The number of ether oxygens (including phenoxy) is 1. The zero-order valence-electron chi connectivity index (χ0n) is 15.9. The van der Waals surface area contributed by atoms with Gasteiger partial charge in [0.15, 0.2) is 0 Å². The number of amides is 1. The summed E-state index contributed by atoms with van der Waals surface area (Å²) in [6.45, 7) is 4.32. The minimum absolute atomic E-state index is 0.114. The predicted octanol–water partition coefficient (Wildman–Crippen LogP) is 3.14. The third-order valence-corrected chi connectivity index (χ3v) is 6.17. The molecule has 1 aromatic rings. The molecular weight excluding hydrogens is 368 g/mol. The Labute approximate surface area is 165 Å². The molecule has 0 bridgehead atoms. The van der Waals surface area contributed by atoms with Crippen molar-refractivity contribution in [2.45, 2.75) is 38.6 Å². The Kier molecular flexibility index (Phi) is 5.96. The van der Waals surface area contributed by atoms with Gasteiger partial charge in [0.2, 0.25) is 0 Å². The Morgan fingerprint density at radius 3 is 2.78 bits per heavy atom. The summed E-state index contributed by atoms with van der Waals surface area (Å²) in [5.41, 5.74) is -0.246. The van der Waals surface area contributed by atoms with Crippen LogP contribution >= 0.6 is 11.6 Å². The van der Waals surface area contributed by atoms with E-state index in [1.165, 1.54) is 0 Å². The summed E-state index contributed by atoms with van der Waals surface area (Å²) in [6.07, 6.45) is 2.91. The van der Waals surface area contributed by atoms with E-state index in [9.17, 15) is 14.7 Å². The van der Waals surface area contributed by atoms with E-state index in [4.69, 9.17) is 16.3 Å². The maximum atomic E-state index is 13.0. The van der Waals surface area contributed by atoms with Crippen LogP contribution in [0.2, 0.25) is 5.02 Å². The van der Waals surface area contributed by atoms with Crippen LogP contribution in [-0.4, -0.2) is 66.1 Å². The van der Waals surface area contributed by atoms with Crippen LogP contribution in [-0.2, 0) is 4.79 Å². The van der Waals surface area contributed by atoms with Gasteiger partial charge in [-0.2, -0.15) is 0 Å². The van der Waals surface area contributed by atoms with Crippen LogP contribution < -0.4 is 4.74 Å². The molecule has 2 heterocycles. The number of fused-ring (bicyclic) bond motifs is 1. The third-order valence-electron chi connectivity index (χ3n) is 5.88. The Balaban J connectivity index is 1.77. The molecule has 1 amide bonds. The van der Waals surface area contributed by atoms with Crippen LogP contribution in [0.3, 0.4) is 0 Å². The number of nitrogens with zero attached hydrogens (tertiary/aromatic N) is 2. The van der Waals surface area contributed by atoms with Gasteiger partial charge in [-0.05, 0) is 57.5 Å². The summed E-state index contributed by atoms with van der Waals surface area (Å²) in [6, 6.07) is 4.93. The lowest BCUT2D eigenvalue weighted by Gasteiger charge is -2.51. The van der Waals surface area contributed by atoms with Gasteiger partial charge in [0, 0.05) is 24.7 Å². The number of rotatable bonds is 5. The van der Waals surface area contributed by atoms with Gasteiger partial charge in [-0.15, -0.1) is 0 Å². The topological polar surface area (TPSA) is 70.1 Å². The zero-order chi connectivity index (χ0) is 19.6. The number of likely N-dealkylation sites (tertiary alicyclic amines) is 2. The van der Waals surface area contributed by atoms with Crippen molar-refractivity contribution in [2.24, 2.45) is 5.41 Å². The highest BCUT2D eigenvalue weighted by molar-refractivity contribution is 6.32. The molecular formula is C20H27ClN2O4. The first-order valence-electron chi connectivity index (χ1n) is 9.54. The SMILES string of the molecule is CCCOc1ccc(C(=O)N2CC[C@@]3(C(=O)O)CCCN(C)[C@@H]3C2)cc1Cl. The molecule has 7 heteroatoms. The fraction of sp³-hybridized carbons (Fsp3) is 0.600. The van der Waals surface area contributed by atoms with Gasteiger partial charge in [-0.3, -0.25) is 9.59 Å². The van der Waals surface area contributed by atoms with E-state index in [0.29, 0.717) is 48.9 Å². The minimum Gasteiger partial charge on any atom is -0.492 e. The predicted molar refractivity (Wildman–Crippen MR) is 103 cm³/mol. The van der Waals surface area contributed by atoms with Crippen LogP contribution in [0.1, 0.15) is 43.0 Å². The molecule has 0 unspecified atom stereocenters. The van der Waals surface area contributed by atoms with Gasteiger partial charge in [-0.1, -0.05) is 18.5 Å². The standard InChI is InChI=1S/C20H27ClN2O4/c1-3-11-27-16-6-5-14(12-15(16)21)18(24)23-10-8-20(19(25)26)7-4-9-22(2)17(20)13-23/h5-6,12,17H,3-4,7-11,13H2,1-2H3,(H,25,26)/t17-,20+/m1/s1. The average Bonchev–Trinajstić information content (AvgIpc) is 2.66. The lowest BCUT2D eigenvalue weighted by molar-refractivity contribution is -0.161. The van der Waals surface area contributed by atoms with Crippen molar-refractivity contribution in [3.05, 3.63) is 28.8 Å². The smallest absolute Gasteiger partial charge is 0.311 e. The Morgan fingerprint density at radius 2 is 2.11 bits per heavy atom. The third kappa shape index (κ3) is 3.78. The fourth-order valence-electron chi connectivity index (χ4n) is 4.31. The first-order valence-corrected chi connectivity index (χ1v) is 9.92. The quantitative estimate of drug-likeness (QED) is 0.830. The van der Waals surface area contributed by atoms with Crippen LogP contribution in [0.4, 0.5) is 0 Å². The van der Waals surface area contributed by atoms with Crippen molar-refractivity contribution < 1.29 is 19.4 Å². The number of likely N-dealkylation sites (N-methyl/N-ethyl adjacent to an activating group) is 1. The first-order chi connectivity index (χ1) is 12.9. The van der Waals surface area contributed by atoms with E-state index in [2.05, 4.69) is 4.90 Å². The number of carbonyl (C=O) groups is 2. The fourth-order valence-corrected chi connectivity index (χ4v) is 4.55. The highest BCUT2D eigenvalue weighted by Crippen LogP contribution is 2.42. The largest absolute Gasteiger partial charge is 0.492 e. The number of benzene rings is 1. The second-order valence-corrected chi connectivity index (χ2v) is 7.96. The van der Waals surface area contributed by atoms with E-state index in [0.717, 1.165) is 19.4 Å². The Bertz CT molecular complexity index is 726. The van der Waals surface area contributed by atoms with Crippen molar-refractivity contribution in [1.82, 2.24) is 9.80 Å². The number of hydrogen-bond acceptors (Lipinski definition) is 4. The first kappa shape index (κ1) is 20.0. The van der Waals surface area contributed by atoms with Gasteiger partial charge in [0.1, 0.15) is 5.75 Å². The van der Waals surface area contributed by atoms with Crippen molar-refractivity contribution in [3.8, 4) is 5.75 Å². The molecule has 3 rings (SSSR count). The lowest BCUT2D eigenvalue weighted by atomic mass is 9.68. The van der Waals surface area contributed by atoms with Crippen molar-refractivity contribution >= 4 is 23.5 Å². The molecule has 2 saturated heterocycles. The van der Waals surface area contributed by atoms with Crippen molar-refractivity contribution in [2.75, 3.05) is 33.3 Å². The molecule has 1 N–H and O–H groups in total. The number of carboxylic acid groups (broad SMARTS) is 1. The van der Waals surface area contributed by atoms with E-state index < -0.39 is 11.4 Å². The Hall–Kier alpha value is -1.79. The number of halogens is 1. The van der Waals surface area contributed by atoms with Crippen LogP contribution in [0.15, 0.2) is 18.2 Å². The molecule has 0 saturated carbocycles. The summed E-state index contributed by atoms with van der Waals surface area (Å²) < 4.78 is 5.56. The maximum absolute atomic E-state index is 13.0. The lowest BCUT2D eigenvalue weighted by Crippen LogP contribution is -2.63. The van der Waals surface area contributed by atoms with Gasteiger partial charge in [0.05, 0.1) is 17.0 Å². The summed E-state index contributed by atoms with van der Waals surface area (Å²) in [7, 11) is 1.95. The molecule has 2 atom stereocenters. The van der Waals surface area contributed by atoms with Gasteiger partial charge in [0.25, 0.3) is 5.91 Å². The van der Waals surface area contributed by atoms with Crippen LogP contribution in [0.5, 0.6) is 5.75 Å². The second-order valence-electron chi connectivity index (χ2n) is 7.56. The van der Waals surface area contributed by atoms with E-state index >= 15 is 0 Å². The molecule has 27 heavy (non-hydrogen) atoms. The molecule has 2 aliphatic heterocycles. The summed E-state index contributed by atoms with van der Waals surface area (Å²) in [5, 5.41) is 10.3. The van der Waals surface area contributed by atoms with Crippen molar-refractivity contribution in [3.63, 3.8) is 0 Å². The van der Waals surface area contributed by atoms with E-state index in [1.807, 2.05) is 14.0 Å². The summed E-state index contributed by atoms with van der Waals surface area (Å²) in [4.78, 5) is 28.8. The molecule has 2 fully saturated rings. The van der Waals surface area contributed by atoms with Gasteiger partial charge in [-0.25, -0.2) is 0 Å². The number of carboxylic acids is 1. The van der Waals surface area contributed by atoms with E-state index in [1.54, 1.807) is 23.1 Å². The van der Waals surface area contributed by atoms with Crippen LogP contribution in [0.25, 0.3) is 0 Å². The molecule has 148 valence electrons. The highest BCUT2D eigenvalue weighted by Gasteiger charge is 2.52. The Morgan fingerprint density at radius 1 is 1.33 bits per heavy atom. The molecule has 0 aliphatic carbocycles. The normalized spacial score (nSPS) is 25.7. The van der Waals surface area contributed by atoms with Gasteiger partial charge < -0.3 is 19.6 Å². The molecule has 2 aliphatic rings. The second kappa shape index (κ2) is 8.07.